The van der Waals surface area contributed by atoms with Crippen LogP contribution in [-0.4, -0.2) is 37.6 Å². The monoisotopic (exact) mass is 354 g/mol. The molecule has 1 fully saturated rings. The molecule has 1 N–H and O–H groups in total. The molecule has 1 aliphatic rings. The predicted octanol–water partition coefficient (Wildman–Crippen LogP) is 3.41. The first kappa shape index (κ1) is 16.3. The van der Waals surface area contributed by atoms with E-state index in [4.69, 9.17) is 4.74 Å². The van der Waals surface area contributed by atoms with Gasteiger partial charge in [-0.15, -0.1) is 0 Å². The molecule has 0 radical (unpaired) electrons. The van der Waals surface area contributed by atoms with Crippen molar-refractivity contribution in [3.05, 3.63) is 28.2 Å². The molecule has 4 nitrogen and oxygen atoms in total. The standard InChI is InChI=1S/C16H23BrN2O2/c1-21-12-13-14(17)7-6-8-15(13)18-11-16(20)19-9-4-2-3-5-10-19/h6-8,18H,2-5,9-12H2,1H3. The number of carbonyl (C=O) groups is 1. The van der Waals surface area contributed by atoms with E-state index < -0.39 is 0 Å². The van der Waals surface area contributed by atoms with Crippen molar-refractivity contribution in [2.45, 2.75) is 32.3 Å². The number of rotatable bonds is 5. The molecule has 0 bridgehead atoms. The minimum atomic E-state index is 0.181. The van der Waals surface area contributed by atoms with Crippen LogP contribution in [0.15, 0.2) is 22.7 Å². The molecule has 116 valence electrons. The van der Waals surface area contributed by atoms with Gasteiger partial charge in [-0.2, -0.15) is 0 Å². The lowest BCUT2D eigenvalue weighted by atomic mass is 10.2. The highest BCUT2D eigenvalue weighted by Crippen LogP contribution is 2.25. The Morgan fingerprint density at radius 1 is 1.29 bits per heavy atom. The van der Waals surface area contributed by atoms with Crippen molar-refractivity contribution in [2.24, 2.45) is 0 Å². The van der Waals surface area contributed by atoms with Crippen LogP contribution in [0, 0.1) is 0 Å². The molecule has 21 heavy (non-hydrogen) atoms. The van der Waals surface area contributed by atoms with Crippen molar-refractivity contribution >= 4 is 27.5 Å². The summed E-state index contributed by atoms with van der Waals surface area (Å²) in [6.07, 6.45) is 4.72. The van der Waals surface area contributed by atoms with Crippen LogP contribution in [0.2, 0.25) is 0 Å². The zero-order valence-corrected chi connectivity index (χ0v) is 14.1. The Hall–Kier alpha value is -1.07. The van der Waals surface area contributed by atoms with E-state index in [0.29, 0.717) is 13.2 Å². The molecular formula is C16H23BrN2O2. The Bertz CT molecular complexity index is 471. The van der Waals surface area contributed by atoms with Gasteiger partial charge in [0.2, 0.25) is 5.91 Å². The number of halogens is 1. The molecule has 1 aromatic carbocycles. The molecule has 1 aliphatic heterocycles. The molecule has 0 aromatic heterocycles. The third-order valence-corrected chi connectivity index (χ3v) is 4.54. The highest BCUT2D eigenvalue weighted by Gasteiger charge is 2.15. The van der Waals surface area contributed by atoms with Crippen molar-refractivity contribution in [1.82, 2.24) is 4.90 Å². The zero-order chi connectivity index (χ0) is 15.1. The lowest BCUT2D eigenvalue weighted by Crippen LogP contribution is -2.36. The van der Waals surface area contributed by atoms with Gasteiger partial charge >= 0.3 is 0 Å². The van der Waals surface area contributed by atoms with Gasteiger partial charge in [0.05, 0.1) is 13.2 Å². The van der Waals surface area contributed by atoms with E-state index >= 15 is 0 Å². The highest BCUT2D eigenvalue weighted by atomic mass is 79.9. The SMILES string of the molecule is COCc1c(Br)cccc1NCC(=O)N1CCCCCC1. The number of anilines is 1. The van der Waals surface area contributed by atoms with Crippen LogP contribution in [0.25, 0.3) is 0 Å². The number of methoxy groups -OCH3 is 1. The van der Waals surface area contributed by atoms with Gasteiger partial charge in [0.25, 0.3) is 0 Å². The Balaban J connectivity index is 1.95. The number of benzene rings is 1. The summed E-state index contributed by atoms with van der Waals surface area (Å²) >= 11 is 3.53. The summed E-state index contributed by atoms with van der Waals surface area (Å²) in [6.45, 7) is 2.64. The summed E-state index contributed by atoms with van der Waals surface area (Å²) in [7, 11) is 1.67. The average molecular weight is 355 g/mol. The molecule has 1 amide bonds. The van der Waals surface area contributed by atoms with Crippen LogP contribution in [0.5, 0.6) is 0 Å². The quantitative estimate of drug-likeness (QED) is 0.880. The maximum absolute atomic E-state index is 12.3. The van der Waals surface area contributed by atoms with Crippen LogP contribution in [0.4, 0.5) is 5.69 Å². The number of nitrogens with zero attached hydrogens (tertiary/aromatic N) is 1. The first-order chi connectivity index (χ1) is 10.2. The predicted molar refractivity (Wildman–Crippen MR) is 88.4 cm³/mol. The first-order valence-corrected chi connectivity index (χ1v) is 8.29. The van der Waals surface area contributed by atoms with Gasteiger partial charge in [-0.05, 0) is 25.0 Å². The molecule has 1 aromatic rings. The molecule has 0 spiro atoms. The third kappa shape index (κ3) is 4.71. The van der Waals surface area contributed by atoms with Crippen molar-refractivity contribution in [3.63, 3.8) is 0 Å². The number of hydrogen-bond acceptors (Lipinski definition) is 3. The van der Waals surface area contributed by atoms with Crippen molar-refractivity contribution in [2.75, 3.05) is 32.1 Å². The molecule has 0 saturated carbocycles. The van der Waals surface area contributed by atoms with Gasteiger partial charge < -0.3 is 15.0 Å². The summed E-state index contributed by atoms with van der Waals surface area (Å²) < 4.78 is 6.22. The summed E-state index contributed by atoms with van der Waals surface area (Å²) in [4.78, 5) is 14.3. The molecule has 0 atom stereocenters. The topological polar surface area (TPSA) is 41.6 Å². The molecule has 1 heterocycles. The number of hydrogen-bond donors (Lipinski definition) is 1. The van der Waals surface area contributed by atoms with Crippen LogP contribution < -0.4 is 5.32 Å². The normalized spacial score (nSPS) is 15.6. The van der Waals surface area contributed by atoms with Crippen LogP contribution in [0.1, 0.15) is 31.2 Å². The molecule has 1 saturated heterocycles. The minimum Gasteiger partial charge on any atom is -0.380 e. The van der Waals surface area contributed by atoms with E-state index in [2.05, 4.69) is 21.2 Å². The van der Waals surface area contributed by atoms with Gasteiger partial charge in [-0.25, -0.2) is 0 Å². The highest BCUT2D eigenvalue weighted by molar-refractivity contribution is 9.10. The first-order valence-electron chi connectivity index (χ1n) is 7.50. The summed E-state index contributed by atoms with van der Waals surface area (Å²) in [5, 5.41) is 3.26. The maximum atomic E-state index is 12.3. The van der Waals surface area contributed by atoms with Gasteiger partial charge in [0.15, 0.2) is 0 Å². The second-order valence-corrected chi connectivity index (χ2v) is 6.20. The fourth-order valence-corrected chi connectivity index (χ4v) is 3.10. The minimum absolute atomic E-state index is 0.181. The number of amides is 1. The maximum Gasteiger partial charge on any atom is 0.241 e. The lowest BCUT2D eigenvalue weighted by molar-refractivity contribution is -0.129. The lowest BCUT2D eigenvalue weighted by Gasteiger charge is -2.21. The number of nitrogens with one attached hydrogen (secondary N) is 1. The molecular weight excluding hydrogens is 332 g/mol. The van der Waals surface area contributed by atoms with Crippen molar-refractivity contribution in [3.8, 4) is 0 Å². The van der Waals surface area contributed by atoms with Gasteiger partial charge in [0.1, 0.15) is 0 Å². The molecule has 0 aliphatic carbocycles. The fourth-order valence-electron chi connectivity index (χ4n) is 2.62. The van der Waals surface area contributed by atoms with E-state index in [1.807, 2.05) is 23.1 Å². The van der Waals surface area contributed by atoms with E-state index in [0.717, 1.165) is 41.7 Å². The van der Waals surface area contributed by atoms with E-state index in [1.165, 1.54) is 12.8 Å². The number of likely N-dealkylation sites (tertiary alicyclic amines) is 1. The van der Waals surface area contributed by atoms with Crippen molar-refractivity contribution in [1.29, 1.82) is 0 Å². The molecule has 0 unspecified atom stereocenters. The smallest absolute Gasteiger partial charge is 0.241 e. The number of carbonyl (C=O) groups excluding carboxylic acids is 1. The Morgan fingerprint density at radius 3 is 2.67 bits per heavy atom. The van der Waals surface area contributed by atoms with Gasteiger partial charge in [-0.1, -0.05) is 34.8 Å². The Kier molecular flexibility index (Phi) is 6.51. The number of ether oxygens (including phenoxy) is 1. The largest absolute Gasteiger partial charge is 0.380 e. The van der Waals surface area contributed by atoms with Crippen LogP contribution in [0.3, 0.4) is 0 Å². The van der Waals surface area contributed by atoms with E-state index in [1.54, 1.807) is 7.11 Å². The third-order valence-electron chi connectivity index (χ3n) is 3.80. The zero-order valence-electron chi connectivity index (χ0n) is 12.5. The van der Waals surface area contributed by atoms with Crippen molar-refractivity contribution < 1.29 is 9.53 Å². The fraction of sp³-hybridized carbons (Fsp3) is 0.562. The van der Waals surface area contributed by atoms with Crippen LogP contribution in [-0.2, 0) is 16.1 Å². The Morgan fingerprint density at radius 2 is 2.00 bits per heavy atom. The van der Waals surface area contributed by atoms with Gasteiger partial charge in [-0.3, -0.25) is 4.79 Å². The average Bonchev–Trinajstić information content (AvgIpc) is 2.77. The van der Waals surface area contributed by atoms with E-state index in [-0.39, 0.29) is 5.91 Å². The van der Waals surface area contributed by atoms with Gasteiger partial charge in [0, 0.05) is 35.9 Å². The summed E-state index contributed by atoms with van der Waals surface area (Å²) in [6, 6.07) is 5.92. The summed E-state index contributed by atoms with van der Waals surface area (Å²) in [5.74, 6) is 0.181. The Labute approximate surface area is 135 Å². The van der Waals surface area contributed by atoms with E-state index in [9.17, 15) is 4.79 Å². The molecule has 5 heteroatoms. The summed E-state index contributed by atoms with van der Waals surface area (Å²) in [5.41, 5.74) is 2.00. The second-order valence-electron chi connectivity index (χ2n) is 5.35. The molecule has 2 rings (SSSR count). The van der Waals surface area contributed by atoms with Crippen LogP contribution >= 0.6 is 15.9 Å². The second kappa shape index (κ2) is 8.39.